The molecule has 0 amide bonds. The van der Waals surface area contributed by atoms with Gasteiger partial charge in [0, 0.05) is 6.54 Å². The number of aliphatic imine (C=N–C) groups is 1. The zero-order chi connectivity index (χ0) is 13.4. The molecule has 0 aliphatic rings. The first-order valence-electron chi connectivity index (χ1n) is 4.11. The summed E-state index contributed by atoms with van der Waals surface area (Å²) in [6.07, 6.45) is 2.20. The third kappa shape index (κ3) is 11.0. The van der Waals surface area contributed by atoms with Crippen LogP contribution >= 0.6 is 0 Å². The molecule has 0 unspecified atom stereocenters. The van der Waals surface area contributed by atoms with Crippen molar-refractivity contribution in [2.24, 2.45) is 16.5 Å². The first-order chi connectivity index (χ1) is 7.02. The van der Waals surface area contributed by atoms with Crippen LogP contribution in [0.3, 0.4) is 0 Å². The van der Waals surface area contributed by atoms with Crippen LogP contribution < -0.4 is 11.5 Å². The lowest BCUT2D eigenvalue weighted by Crippen LogP contribution is -2.22. The molecule has 0 aliphatic carbocycles. The van der Waals surface area contributed by atoms with Crippen LogP contribution in [0.15, 0.2) is 4.99 Å². The van der Waals surface area contributed by atoms with Crippen molar-refractivity contribution in [3.8, 4) is 0 Å². The molecule has 10 heteroatoms. The fourth-order valence-electron chi connectivity index (χ4n) is 0.366. The van der Waals surface area contributed by atoms with E-state index in [1.54, 1.807) is 0 Å². The molecule has 0 spiro atoms. The summed E-state index contributed by atoms with van der Waals surface area (Å²) < 4.78 is 57.5. The highest BCUT2D eigenvalue weighted by atomic mass is 32.2. The molecule has 0 saturated carbocycles. The smallest absolute Gasteiger partial charge is 0.370 e. The van der Waals surface area contributed by atoms with E-state index >= 15 is 0 Å². The van der Waals surface area contributed by atoms with Crippen molar-refractivity contribution in [3.05, 3.63) is 0 Å². The monoisotopic (exact) mass is 265 g/mol. The summed E-state index contributed by atoms with van der Waals surface area (Å²) >= 11 is 0. The summed E-state index contributed by atoms with van der Waals surface area (Å²) in [5.74, 6) is 0.193. The summed E-state index contributed by atoms with van der Waals surface area (Å²) in [5.41, 5.74) is 4.59. The van der Waals surface area contributed by atoms with Gasteiger partial charge in [0.1, 0.15) is 0 Å². The quantitative estimate of drug-likeness (QED) is 0.225. The molecule has 0 aromatic rings. The van der Waals surface area contributed by atoms with E-state index in [1.807, 2.05) is 0 Å². The molecular formula is C6H14F3N3O3S. The number of hydrogen-bond acceptors (Lipinski definition) is 3. The van der Waals surface area contributed by atoms with Crippen LogP contribution in [0.25, 0.3) is 0 Å². The van der Waals surface area contributed by atoms with Gasteiger partial charge in [-0.05, 0) is 6.42 Å². The number of nitrogens with two attached hydrogens (primary N) is 2. The Morgan fingerprint density at radius 2 is 1.75 bits per heavy atom. The second-order valence-electron chi connectivity index (χ2n) is 2.58. The predicted octanol–water partition coefficient (Wildman–Crippen LogP) is 0.454. The van der Waals surface area contributed by atoms with Gasteiger partial charge in [0.2, 0.25) is 0 Å². The van der Waals surface area contributed by atoms with E-state index in [0.717, 1.165) is 19.4 Å². The van der Waals surface area contributed by atoms with Gasteiger partial charge in [0.15, 0.2) is 5.96 Å². The molecule has 0 radical (unpaired) electrons. The van der Waals surface area contributed by atoms with Crippen LogP contribution in [-0.4, -0.2) is 31.0 Å². The molecule has 98 valence electrons. The van der Waals surface area contributed by atoms with Crippen molar-refractivity contribution in [2.75, 3.05) is 6.54 Å². The van der Waals surface area contributed by atoms with E-state index in [2.05, 4.69) is 11.9 Å². The second-order valence-corrected chi connectivity index (χ2v) is 3.99. The van der Waals surface area contributed by atoms with Gasteiger partial charge in [-0.1, -0.05) is 13.3 Å². The lowest BCUT2D eigenvalue weighted by Gasteiger charge is -1.97. The minimum absolute atomic E-state index is 0.193. The third-order valence-electron chi connectivity index (χ3n) is 1.10. The largest absolute Gasteiger partial charge is 0.522 e. The van der Waals surface area contributed by atoms with Crippen molar-refractivity contribution in [3.63, 3.8) is 0 Å². The summed E-state index contributed by atoms with van der Waals surface area (Å²) in [6.45, 7) is 2.86. The zero-order valence-corrected chi connectivity index (χ0v) is 9.35. The van der Waals surface area contributed by atoms with Gasteiger partial charge in [-0.25, -0.2) is 0 Å². The standard InChI is InChI=1S/C5H13N3.CHF3O3S/c1-2-3-4-8-5(6)7;2-1(3,4)8(5,6)7/h2-4H2,1H3,(H4,6,7,8);(H,5,6,7). The number of rotatable bonds is 3. The lowest BCUT2D eigenvalue weighted by atomic mass is 10.3. The Balaban J connectivity index is 0. The van der Waals surface area contributed by atoms with Crippen molar-refractivity contribution in [1.29, 1.82) is 0 Å². The highest BCUT2D eigenvalue weighted by molar-refractivity contribution is 7.86. The Morgan fingerprint density at radius 1 is 1.38 bits per heavy atom. The van der Waals surface area contributed by atoms with Crippen molar-refractivity contribution in [1.82, 2.24) is 0 Å². The predicted molar refractivity (Wildman–Crippen MR) is 53.2 cm³/mol. The van der Waals surface area contributed by atoms with Crippen LogP contribution in [0, 0.1) is 0 Å². The fourth-order valence-corrected chi connectivity index (χ4v) is 0.366. The maximum atomic E-state index is 10.7. The summed E-state index contributed by atoms with van der Waals surface area (Å²) in [4.78, 5) is 3.79. The van der Waals surface area contributed by atoms with Crippen molar-refractivity contribution >= 4 is 16.1 Å². The van der Waals surface area contributed by atoms with E-state index in [9.17, 15) is 13.2 Å². The normalized spacial score (nSPS) is 11.3. The minimum atomic E-state index is -5.84. The molecule has 6 nitrogen and oxygen atoms in total. The maximum absolute atomic E-state index is 10.7. The van der Waals surface area contributed by atoms with Crippen LogP contribution in [0.5, 0.6) is 0 Å². The zero-order valence-electron chi connectivity index (χ0n) is 8.53. The van der Waals surface area contributed by atoms with Gasteiger partial charge in [-0.15, -0.1) is 0 Å². The molecule has 0 aliphatic heterocycles. The van der Waals surface area contributed by atoms with Gasteiger partial charge in [-0.2, -0.15) is 21.6 Å². The number of halogens is 3. The molecule has 0 aromatic heterocycles. The highest BCUT2D eigenvalue weighted by Crippen LogP contribution is 2.20. The Kier molecular flexibility index (Phi) is 7.90. The van der Waals surface area contributed by atoms with Gasteiger partial charge in [-0.3, -0.25) is 9.55 Å². The SMILES string of the molecule is CCCCN=C(N)N.O=S(=O)(O)C(F)(F)F. The first-order valence-corrected chi connectivity index (χ1v) is 5.55. The van der Waals surface area contributed by atoms with Crippen molar-refractivity contribution < 1.29 is 26.1 Å². The highest BCUT2D eigenvalue weighted by Gasteiger charge is 2.44. The Hall–Kier alpha value is -1.03. The van der Waals surface area contributed by atoms with E-state index in [4.69, 9.17) is 24.4 Å². The van der Waals surface area contributed by atoms with E-state index < -0.39 is 15.6 Å². The van der Waals surface area contributed by atoms with Crippen molar-refractivity contribution in [2.45, 2.75) is 25.3 Å². The molecular weight excluding hydrogens is 251 g/mol. The topological polar surface area (TPSA) is 119 Å². The van der Waals surface area contributed by atoms with Crippen LogP contribution in [0.2, 0.25) is 0 Å². The maximum Gasteiger partial charge on any atom is 0.522 e. The summed E-state index contributed by atoms with van der Waals surface area (Å²) in [5, 5.41) is 0. The van der Waals surface area contributed by atoms with Gasteiger partial charge in [0.25, 0.3) is 0 Å². The van der Waals surface area contributed by atoms with Gasteiger partial charge in [0.05, 0.1) is 0 Å². The third-order valence-corrected chi connectivity index (χ3v) is 1.68. The van der Waals surface area contributed by atoms with Crippen LogP contribution in [0.4, 0.5) is 13.2 Å². The van der Waals surface area contributed by atoms with Gasteiger partial charge >= 0.3 is 15.6 Å². The number of hydrogen-bond donors (Lipinski definition) is 3. The molecule has 0 fully saturated rings. The van der Waals surface area contributed by atoms with E-state index in [-0.39, 0.29) is 5.96 Å². The minimum Gasteiger partial charge on any atom is -0.370 e. The average Bonchev–Trinajstić information content (AvgIpc) is 2.01. The van der Waals surface area contributed by atoms with E-state index in [1.165, 1.54) is 0 Å². The fraction of sp³-hybridized carbons (Fsp3) is 0.833. The van der Waals surface area contributed by atoms with Crippen LogP contribution in [0.1, 0.15) is 19.8 Å². The number of guanidine groups is 1. The number of unbranched alkanes of at least 4 members (excludes halogenated alkanes) is 1. The second kappa shape index (κ2) is 7.28. The number of alkyl halides is 3. The average molecular weight is 265 g/mol. The molecule has 0 aromatic carbocycles. The molecule has 0 rings (SSSR count). The van der Waals surface area contributed by atoms with Gasteiger partial charge < -0.3 is 11.5 Å². The Morgan fingerprint density at radius 3 is 1.94 bits per heavy atom. The summed E-state index contributed by atoms with van der Waals surface area (Å²) in [6, 6.07) is 0. The molecule has 0 saturated heterocycles. The molecule has 16 heavy (non-hydrogen) atoms. The molecule has 0 atom stereocenters. The lowest BCUT2D eigenvalue weighted by molar-refractivity contribution is -0.0510. The van der Waals surface area contributed by atoms with E-state index in [0.29, 0.717) is 0 Å². The molecule has 0 bridgehead atoms. The van der Waals surface area contributed by atoms with Crippen LogP contribution in [-0.2, 0) is 10.1 Å². The first kappa shape index (κ1) is 17.4. The summed E-state index contributed by atoms with van der Waals surface area (Å²) in [7, 11) is -5.84. The number of nitrogens with zero attached hydrogens (tertiary/aromatic N) is 1. The molecule has 5 N–H and O–H groups in total. The Bertz CT molecular complexity index is 309. The Labute approximate surface area is 91.3 Å². The molecule has 0 heterocycles.